The van der Waals surface area contributed by atoms with Gasteiger partial charge in [0.2, 0.25) is 5.91 Å². The second kappa shape index (κ2) is 5.87. The molecule has 1 amide bonds. The maximum absolute atomic E-state index is 11.7. The number of halogens is 1. The van der Waals surface area contributed by atoms with Gasteiger partial charge < -0.3 is 5.32 Å². The van der Waals surface area contributed by atoms with Gasteiger partial charge in [-0.05, 0) is 19.8 Å². The fourth-order valence-corrected chi connectivity index (χ4v) is 2.10. The molecule has 0 aromatic rings. The van der Waals surface area contributed by atoms with E-state index in [1.165, 1.54) is 6.92 Å². The Bertz CT molecular complexity index is 328. The first-order chi connectivity index (χ1) is 7.22. The van der Waals surface area contributed by atoms with Crippen LogP contribution in [0.2, 0.25) is 0 Å². The molecule has 1 unspecified atom stereocenters. The van der Waals surface area contributed by atoms with Gasteiger partial charge >= 0.3 is 0 Å². The summed E-state index contributed by atoms with van der Waals surface area (Å²) in [6.45, 7) is 5.21. The predicted octanol–water partition coefficient (Wildman–Crippen LogP) is 1.33. The van der Waals surface area contributed by atoms with Crippen LogP contribution in [0.25, 0.3) is 0 Å². The van der Waals surface area contributed by atoms with Crippen molar-refractivity contribution < 1.29 is 13.2 Å². The number of carbonyl (C=O) groups excluding carboxylic acids is 1. The normalized spacial score (nSPS) is 14.6. The zero-order valence-corrected chi connectivity index (χ0v) is 11.8. The molecule has 1 N–H and O–H groups in total. The molecule has 0 rings (SSSR count). The van der Waals surface area contributed by atoms with Crippen LogP contribution in [-0.2, 0) is 14.6 Å². The van der Waals surface area contributed by atoms with Gasteiger partial charge in [0, 0.05) is 12.1 Å². The molecule has 0 aliphatic heterocycles. The molecule has 0 aliphatic rings. The van der Waals surface area contributed by atoms with Crippen LogP contribution in [0.5, 0.6) is 0 Å². The lowest BCUT2D eigenvalue weighted by atomic mass is 9.95. The number of sulfone groups is 1. The van der Waals surface area contributed by atoms with Crippen molar-refractivity contribution in [2.24, 2.45) is 0 Å². The summed E-state index contributed by atoms with van der Waals surface area (Å²) in [6.07, 6.45) is 2.40. The van der Waals surface area contributed by atoms with Crippen LogP contribution in [0.4, 0.5) is 0 Å². The minimum absolute atomic E-state index is 0.280. The van der Waals surface area contributed by atoms with Gasteiger partial charge in [0.05, 0.1) is 5.54 Å². The highest BCUT2D eigenvalue weighted by Crippen LogP contribution is 2.17. The van der Waals surface area contributed by atoms with E-state index in [-0.39, 0.29) is 5.88 Å². The minimum Gasteiger partial charge on any atom is -0.348 e. The van der Waals surface area contributed by atoms with Gasteiger partial charge in [-0.25, -0.2) is 8.42 Å². The molecule has 6 heteroatoms. The third kappa shape index (κ3) is 3.94. The zero-order chi connectivity index (χ0) is 13.0. The van der Waals surface area contributed by atoms with Crippen molar-refractivity contribution in [2.75, 3.05) is 12.1 Å². The molecular formula is C10H20ClNO3S. The average molecular weight is 270 g/mol. The zero-order valence-electron chi connectivity index (χ0n) is 10.2. The fraction of sp³-hybridized carbons (Fsp3) is 0.900. The van der Waals surface area contributed by atoms with Crippen LogP contribution in [0, 0.1) is 0 Å². The van der Waals surface area contributed by atoms with Gasteiger partial charge in [-0.1, -0.05) is 13.8 Å². The Labute approximate surface area is 103 Å². The number of carbonyl (C=O) groups is 1. The Morgan fingerprint density at radius 2 is 1.81 bits per heavy atom. The van der Waals surface area contributed by atoms with Crippen molar-refractivity contribution in [1.82, 2.24) is 5.32 Å². The Morgan fingerprint density at radius 3 is 2.06 bits per heavy atom. The molecule has 0 aliphatic carbocycles. The summed E-state index contributed by atoms with van der Waals surface area (Å²) in [7, 11) is -3.35. The van der Waals surface area contributed by atoms with Crippen molar-refractivity contribution >= 4 is 27.3 Å². The standard InChI is InChI=1S/C10H20ClNO3S/c1-5-10(6-2,7-11)12-9(13)8(3)16(4,14)15/h8H,5-7H2,1-4H3,(H,12,13). The number of nitrogens with one attached hydrogen (secondary N) is 1. The highest BCUT2D eigenvalue weighted by Gasteiger charge is 2.32. The van der Waals surface area contributed by atoms with Crippen LogP contribution in [0.15, 0.2) is 0 Å². The van der Waals surface area contributed by atoms with Crippen molar-refractivity contribution in [1.29, 1.82) is 0 Å². The molecular weight excluding hydrogens is 250 g/mol. The molecule has 4 nitrogen and oxygen atoms in total. The highest BCUT2D eigenvalue weighted by molar-refractivity contribution is 7.92. The van der Waals surface area contributed by atoms with E-state index < -0.39 is 26.5 Å². The summed E-state index contributed by atoms with van der Waals surface area (Å²) < 4.78 is 22.5. The molecule has 16 heavy (non-hydrogen) atoms. The molecule has 0 aromatic carbocycles. The van der Waals surface area contributed by atoms with Crippen LogP contribution in [-0.4, -0.2) is 37.2 Å². The van der Waals surface area contributed by atoms with Gasteiger partial charge in [-0.15, -0.1) is 11.6 Å². The lowest BCUT2D eigenvalue weighted by Gasteiger charge is -2.31. The largest absolute Gasteiger partial charge is 0.348 e. The molecule has 0 aromatic heterocycles. The first-order valence-corrected chi connectivity index (χ1v) is 7.78. The Kier molecular flexibility index (Phi) is 5.76. The third-order valence-corrected chi connectivity index (χ3v) is 5.02. The van der Waals surface area contributed by atoms with Crippen molar-refractivity contribution in [3.8, 4) is 0 Å². The number of hydrogen-bond donors (Lipinski definition) is 1. The molecule has 0 saturated heterocycles. The molecule has 0 bridgehead atoms. The monoisotopic (exact) mass is 269 g/mol. The summed E-state index contributed by atoms with van der Waals surface area (Å²) in [5, 5.41) is 1.70. The maximum Gasteiger partial charge on any atom is 0.238 e. The molecule has 0 heterocycles. The van der Waals surface area contributed by atoms with E-state index in [2.05, 4.69) is 5.32 Å². The van der Waals surface area contributed by atoms with Gasteiger partial charge in [-0.2, -0.15) is 0 Å². The summed E-state index contributed by atoms with van der Waals surface area (Å²) in [6, 6.07) is 0. The summed E-state index contributed by atoms with van der Waals surface area (Å²) in [5.74, 6) is -0.200. The lowest BCUT2D eigenvalue weighted by Crippen LogP contribution is -2.53. The first kappa shape index (κ1) is 15.7. The van der Waals surface area contributed by atoms with Crippen LogP contribution >= 0.6 is 11.6 Å². The number of rotatable bonds is 6. The van der Waals surface area contributed by atoms with Crippen LogP contribution in [0.3, 0.4) is 0 Å². The predicted molar refractivity (Wildman–Crippen MR) is 66.5 cm³/mol. The van der Waals surface area contributed by atoms with Gasteiger partial charge in [0.1, 0.15) is 5.25 Å². The van der Waals surface area contributed by atoms with E-state index in [9.17, 15) is 13.2 Å². The van der Waals surface area contributed by atoms with Gasteiger partial charge in [0.25, 0.3) is 0 Å². The van der Waals surface area contributed by atoms with E-state index in [0.29, 0.717) is 12.8 Å². The van der Waals surface area contributed by atoms with E-state index in [1.54, 1.807) is 0 Å². The quantitative estimate of drug-likeness (QED) is 0.740. The second-order valence-electron chi connectivity index (χ2n) is 4.08. The van der Waals surface area contributed by atoms with Crippen molar-refractivity contribution in [2.45, 2.75) is 44.4 Å². The van der Waals surface area contributed by atoms with Crippen LogP contribution in [0.1, 0.15) is 33.6 Å². The summed E-state index contributed by atoms with van der Waals surface area (Å²) in [4.78, 5) is 11.7. The molecule has 0 spiro atoms. The van der Waals surface area contributed by atoms with Crippen molar-refractivity contribution in [3.05, 3.63) is 0 Å². The molecule has 0 saturated carbocycles. The highest BCUT2D eigenvalue weighted by atomic mass is 35.5. The van der Waals surface area contributed by atoms with E-state index in [1.807, 2.05) is 13.8 Å². The topological polar surface area (TPSA) is 63.2 Å². The van der Waals surface area contributed by atoms with Crippen LogP contribution < -0.4 is 5.32 Å². The molecule has 96 valence electrons. The summed E-state index contributed by atoms with van der Waals surface area (Å²) >= 11 is 5.82. The Hall–Kier alpha value is -0.290. The maximum atomic E-state index is 11.7. The van der Waals surface area contributed by atoms with Gasteiger partial charge in [0.15, 0.2) is 9.84 Å². The smallest absolute Gasteiger partial charge is 0.238 e. The lowest BCUT2D eigenvalue weighted by molar-refractivity contribution is -0.122. The minimum atomic E-state index is -3.35. The molecule has 1 atom stereocenters. The van der Waals surface area contributed by atoms with Gasteiger partial charge in [-0.3, -0.25) is 4.79 Å². The molecule has 0 radical (unpaired) electrons. The Morgan fingerprint density at radius 1 is 1.38 bits per heavy atom. The average Bonchev–Trinajstić information content (AvgIpc) is 2.23. The number of amides is 1. The van der Waals surface area contributed by atoms with E-state index >= 15 is 0 Å². The fourth-order valence-electron chi connectivity index (χ4n) is 1.21. The van der Waals surface area contributed by atoms with Crippen molar-refractivity contribution in [3.63, 3.8) is 0 Å². The number of alkyl halides is 1. The van der Waals surface area contributed by atoms with E-state index in [4.69, 9.17) is 11.6 Å². The SMILES string of the molecule is CCC(CC)(CCl)NC(=O)C(C)S(C)(=O)=O. The van der Waals surface area contributed by atoms with E-state index in [0.717, 1.165) is 6.26 Å². The second-order valence-corrected chi connectivity index (χ2v) is 6.72. The first-order valence-electron chi connectivity index (χ1n) is 5.29. The summed E-state index contributed by atoms with van der Waals surface area (Å²) in [5.41, 5.74) is -0.502. The molecule has 0 fully saturated rings. The number of hydrogen-bond acceptors (Lipinski definition) is 3. The Balaban J connectivity index is 4.79. The third-order valence-electron chi connectivity index (χ3n) is 3.01.